The van der Waals surface area contributed by atoms with Gasteiger partial charge in [-0.15, -0.1) is 0 Å². The van der Waals surface area contributed by atoms with Gasteiger partial charge < -0.3 is 9.47 Å². The number of nitrogens with zero attached hydrogens (tertiary/aromatic N) is 1. The lowest BCUT2D eigenvalue weighted by Crippen LogP contribution is -2.42. The third-order valence-corrected chi connectivity index (χ3v) is 4.15. The second-order valence-electron chi connectivity index (χ2n) is 5.77. The van der Waals surface area contributed by atoms with Gasteiger partial charge in [0, 0.05) is 13.1 Å². The van der Waals surface area contributed by atoms with Crippen LogP contribution in [0.25, 0.3) is 0 Å². The fraction of sp³-hybridized carbons (Fsp3) is 0.714. The molecular weight excluding hydrogens is 214 g/mol. The number of ether oxygens (including phenoxy) is 2. The Kier molecular flexibility index (Phi) is 2.47. The summed E-state index contributed by atoms with van der Waals surface area (Å²) in [6.45, 7) is 12.3. The lowest BCUT2D eigenvalue weighted by Gasteiger charge is -2.35. The molecule has 3 aliphatic heterocycles. The third kappa shape index (κ3) is 1.68. The molecule has 0 bridgehead atoms. The molecule has 0 radical (unpaired) electrons. The van der Waals surface area contributed by atoms with Crippen LogP contribution in [0.2, 0.25) is 0 Å². The standard InChI is InChI=1S/C14H21NO2/c1-5-10-9(2)6-7-15-8-11-13(12(10)15)17-14(3,4)16-11/h5,11-13H,1,6-8H2,2-4H3/t11-,12+,13-/m1/s1. The Bertz CT molecular complexity index is 386. The van der Waals surface area contributed by atoms with Crippen LogP contribution in [0.4, 0.5) is 0 Å². The van der Waals surface area contributed by atoms with E-state index in [0.29, 0.717) is 6.04 Å². The van der Waals surface area contributed by atoms with Crippen molar-refractivity contribution >= 4 is 0 Å². The molecule has 2 fully saturated rings. The predicted molar refractivity (Wildman–Crippen MR) is 66.7 cm³/mol. The van der Waals surface area contributed by atoms with Crippen molar-refractivity contribution in [2.24, 2.45) is 0 Å². The zero-order chi connectivity index (χ0) is 12.2. The fourth-order valence-electron chi connectivity index (χ4n) is 3.43. The largest absolute Gasteiger partial charge is 0.343 e. The summed E-state index contributed by atoms with van der Waals surface area (Å²) in [6, 6.07) is 0.355. The van der Waals surface area contributed by atoms with E-state index in [4.69, 9.17) is 9.47 Å². The minimum Gasteiger partial charge on any atom is -0.343 e. The van der Waals surface area contributed by atoms with Gasteiger partial charge in [-0.1, -0.05) is 18.2 Å². The number of rotatable bonds is 1. The lowest BCUT2D eigenvalue weighted by molar-refractivity contribution is -0.159. The van der Waals surface area contributed by atoms with E-state index in [-0.39, 0.29) is 12.2 Å². The molecule has 0 unspecified atom stereocenters. The molecule has 3 nitrogen and oxygen atoms in total. The first-order valence-electron chi connectivity index (χ1n) is 6.43. The number of hydrogen-bond acceptors (Lipinski definition) is 3. The van der Waals surface area contributed by atoms with Crippen molar-refractivity contribution in [1.82, 2.24) is 4.90 Å². The quantitative estimate of drug-likeness (QED) is 0.694. The van der Waals surface area contributed by atoms with E-state index in [0.717, 1.165) is 19.5 Å². The molecule has 0 aromatic carbocycles. The smallest absolute Gasteiger partial charge is 0.163 e. The second kappa shape index (κ2) is 3.67. The van der Waals surface area contributed by atoms with Crippen LogP contribution in [0.3, 0.4) is 0 Å². The van der Waals surface area contributed by atoms with Crippen molar-refractivity contribution in [2.75, 3.05) is 13.1 Å². The molecule has 0 aromatic heterocycles. The van der Waals surface area contributed by atoms with Gasteiger partial charge in [-0.25, -0.2) is 0 Å². The van der Waals surface area contributed by atoms with Crippen LogP contribution in [0, 0.1) is 0 Å². The van der Waals surface area contributed by atoms with Crippen LogP contribution in [-0.4, -0.2) is 42.0 Å². The Morgan fingerprint density at radius 1 is 1.41 bits per heavy atom. The molecule has 3 heteroatoms. The summed E-state index contributed by atoms with van der Waals surface area (Å²) in [7, 11) is 0. The molecule has 94 valence electrons. The van der Waals surface area contributed by atoms with Crippen LogP contribution in [-0.2, 0) is 9.47 Å². The fourth-order valence-corrected chi connectivity index (χ4v) is 3.43. The molecule has 3 atom stereocenters. The summed E-state index contributed by atoms with van der Waals surface area (Å²) in [6.07, 6.45) is 3.54. The summed E-state index contributed by atoms with van der Waals surface area (Å²) in [5.74, 6) is -0.431. The molecule has 0 saturated carbocycles. The molecule has 3 heterocycles. The lowest BCUT2D eigenvalue weighted by atomic mass is 9.92. The summed E-state index contributed by atoms with van der Waals surface area (Å²) in [4.78, 5) is 2.48. The van der Waals surface area contributed by atoms with Gasteiger partial charge in [0.05, 0.1) is 6.04 Å². The zero-order valence-electron chi connectivity index (χ0n) is 10.9. The normalized spacial score (nSPS) is 40.3. The Balaban J connectivity index is 1.93. The molecule has 17 heavy (non-hydrogen) atoms. The van der Waals surface area contributed by atoms with Gasteiger partial charge in [-0.2, -0.15) is 0 Å². The van der Waals surface area contributed by atoms with Crippen molar-refractivity contribution in [3.63, 3.8) is 0 Å². The van der Waals surface area contributed by atoms with Gasteiger partial charge in [0.2, 0.25) is 0 Å². The van der Waals surface area contributed by atoms with Crippen LogP contribution in [0.15, 0.2) is 23.8 Å². The van der Waals surface area contributed by atoms with E-state index >= 15 is 0 Å². The van der Waals surface area contributed by atoms with E-state index in [2.05, 4.69) is 18.4 Å². The van der Waals surface area contributed by atoms with Gasteiger partial charge in [-0.05, 0) is 32.8 Å². The first-order chi connectivity index (χ1) is 8.02. The van der Waals surface area contributed by atoms with Crippen molar-refractivity contribution in [3.8, 4) is 0 Å². The minimum atomic E-state index is -0.431. The van der Waals surface area contributed by atoms with Crippen LogP contribution >= 0.6 is 0 Å². The van der Waals surface area contributed by atoms with Crippen molar-refractivity contribution in [1.29, 1.82) is 0 Å². The van der Waals surface area contributed by atoms with E-state index in [1.165, 1.54) is 11.1 Å². The highest BCUT2D eigenvalue weighted by Crippen LogP contribution is 2.42. The molecule has 0 aliphatic carbocycles. The third-order valence-electron chi connectivity index (χ3n) is 4.15. The van der Waals surface area contributed by atoms with Crippen LogP contribution < -0.4 is 0 Å². The molecule has 3 rings (SSSR count). The predicted octanol–water partition coefficient (Wildman–Crippen LogP) is 2.10. The first kappa shape index (κ1) is 11.5. The van der Waals surface area contributed by atoms with Gasteiger partial charge in [0.1, 0.15) is 12.2 Å². The van der Waals surface area contributed by atoms with E-state index in [9.17, 15) is 0 Å². The van der Waals surface area contributed by atoms with Crippen molar-refractivity contribution < 1.29 is 9.47 Å². The van der Waals surface area contributed by atoms with E-state index < -0.39 is 5.79 Å². The summed E-state index contributed by atoms with van der Waals surface area (Å²) in [5, 5.41) is 0. The first-order valence-corrected chi connectivity index (χ1v) is 6.43. The molecule has 0 N–H and O–H groups in total. The second-order valence-corrected chi connectivity index (χ2v) is 5.77. The Morgan fingerprint density at radius 2 is 2.18 bits per heavy atom. The summed E-state index contributed by atoms with van der Waals surface area (Å²) < 4.78 is 12.0. The topological polar surface area (TPSA) is 21.7 Å². The van der Waals surface area contributed by atoms with Gasteiger partial charge in [0.15, 0.2) is 5.79 Å². The monoisotopic (exact) mass is 235 g/mol. The molecule has 0 aromatic rings. The maximum absolute atomic E-state index is 6.08. The maximum Gasteiger partial charge on any atom is 0.163 e. The average Bonchev–Trinajstić information content (AvgIpc) is 2.70. The Hall–Kier alpha value is -0.640. The minimum absolute atomic E-state index is 0.174. The SMILES string of the molecule is C=CC1=C(C)CCN2C[C@H]3OC(C)(C)O[C@H]3[C@H]12. The number of fused-ring (bicyclic) bond motifs is 3. The van der Waals surface area contributed by atoms with Gasteiger partial charge in [-0.3, -0.25) is 4.90 Å². The van der Waals surface area contributed by atoms with E-state index in [1.54, 1.807) is 0 Å². The molecule has 0 amide bonds. The molecule has 2 saturated heterocycles. The van der Waals surface area contributed by atoms with Gasteiger partial charge in [0.25, 0.3) is 0 Å². The molecule has 3 aliphatic rings. The zero-order valence-corrected chi connectivity index (χ0v) is 10.9. The van der Waals surface area contributed by atoms with E-state index in [1.807, 2.05) is 19.9 Å². The summed E-state index contributed by atoms with van der Waals surface area (Å²) in [5.41, 5.74) is 2.81. The van der Waals surface area contributed by atoms with Crippen molar-refractivity contribution in [2.45, 2.75) is 51.2 Å². The van der Waals surface area contributed by atoms with Crippen LogP contribution in [0.1, 0.15) is 27.2 Å². The van der Waals surface area contributed by atoms with Crippen molar-refractivity contribution in [3.05, 3.63) is 23.8 Å². The highest BCUT2D eigenvalue weighted by molar-refractivity contribution is 5.34. The average molecular weight is 235 g/mol. The Morgan fingerprint density at radius 3 is 2.88 bits per heavy atom. The molecular formula is C14H21NO2. The number of hydrogen-bond donors (Lipinski definition) is 0. The highest BCUT2D eigenvalue weighted by Gasteiger charge is 2.53. The molecule has 0 spiro atoms. The highest BCUT2D eigenvalue weighted by atomic mass is 16.8. The van der Waals surface area contributed by atoms with Gasteiger partial charge >= 0.3 is 0 Å². The summed E-state index contributed by atoms with van der Waals surface area (Å²) >= 11 is 0. The Labute approximate surface area is 103 Å². The maximum atomic E-state index is 6.08. The van der Waals surface area contributed by atoms with Crippen LogP contribution in [0.5, 0.6) is 0 Å².